The number of methoxy groups -OCH3 is 2. The Balaban J connectivity index is 2.16. The molecule has 10 heteroatoms. The van der Waals surface area contributed by atoms with E-state index in [-0.39, 0.29) is 18.1 Å². The van der Waals surface area contributed by atoms with Gasteiger partial charge >= 0.3 is 11.9 Å². The molecule has 0 aromatic heterocycles. The summed E-state index contributed by atoms with van der Waals surface area (Å²) < 4.78 is 19.8. The molecule has 1 aliphatic rings. The molecule has 9 nitrogen and oxygen atoms in total. The number of esters is 2. The fourth-order valence-corrected chi connectivity index (χ4v) is 3.05. The van der Waals surface area contributed by atoms with Gasteiger partial charge in [-0.05, 0) is 42.5 Å². The summed E-state index contributed by atoms with van der Waals surface area (Å²) in [5.74, 6) is -1.11. The number of amides is 2. The molecule has 28 heavy (non-hydrogen) atoms. The largest absolute Gasteiger partial charge is 0.493 e. The molecular formula is C18H19NO8S. The van der Waals surface area contributed by atoms with Gasteiger partial charge in [0.1, 0.15) is 6.54 Å². The van der Waals surface area contributed by atoms with Crippen molar-refractivity contribution in [2.45, 2.75) is 6.92 Å². The minimum absolute atomic E-state index is 0.162. The zero-order valence-electron chi connectivity index (χ0n) is 15.6. The second kappa shape index (κ2) is 9.79. The first kappa shape index (κ1) is 21.3. The van der Waals surface area contributed by atoms with Gasteiger partial charge in [-0.3, -0.25) is 19.3 Å². The molecule has 0 saturated carbocycles. The van der Waals surface area contributed by atoms with Gasteiger partial charge in [0.2, 0.25) is 0 Å². The van der Waals surface area contributed by atoms with Gasteiger partial charge in [0.05, 0.1) is 25.7 Å². The summed E-state index contributed by atoms with van der Waals surface area (Å²) in [7, 11) is 2.68. The molecule has 0 unspecified atom stereocenters. The predicted molar refractivity (Wildman–Crippen MR) is 99.8 cm³/mol. The van der Waals surface area contributed by atoms with Crippen LogP contribution in [0.3, 0.4) is 0 Å². The molecule has 0 aliphatic carbocycles. The van der Waals surface area contributed by atoms with Crippen molar-refractivity contribution in [1.82, 2.24) is 4.90 Å². The maximum atomic E-state index is 12.4. The molecular weight excluding hydrogens is 390 g/mol. The molecule has 1 aliphatic heterocycles. The van der Waals surface area contributed by atoms with E-state index in [2.05, 4.69) is 4.74 Å². The van der Waals surface area contributed by atoms with E-state index in [0.29, 0.717) is 17.1 Å². The number of rotatable bonds is 8. The van der Waals surface area contributed by atoms with Crippen molar-refractivity contribution in [2.75, 3.05) is 34.0 Å². The minimum Gasteiger partial charge on any atom is -0.493 e. The third-order valence-corrected chi connectivity index (χ3v) is 4.43. The molecule has 1 saturated heterocycles. The van der Waals surface area contributed by atoms with Crippen LogP contribution in [0.5, 0.6) is 11.5 Å². The number of carbonyl (C=O) groups is 4. The smallest absolute Gasteiger partial charge is 0.343 e. The van der Waals surface area contributed by atoms with E-state index < -0.39 is 29.6 Å². The van der Waals surface area contributed by atoms with Crippen molar-refractivity contribution < 1.29 is 38.1 Å². The zero-order chi connectivity index (χ0) is 20.7. The van der Waals surface area contributed by atoms with E-state index >= 15 is 0 Å². The van der Waals surface area contributed by atoms with Crippen molar-refractivity contribution in [2.24, 2.45) is 0 Å². The van der Waals surface area contributed by atoms with Gasteiger partial charge in [0, 0.05) is 0 Å². The van der Waals surface area contributed by atoms with Gasteiger partial charge in [-0.2, -0.15) is 0 Å². The minimum atomic E-state index is -0.653. The first-order valence-electron chi connectivity index (χ1n) is 8.18. The summed E-state index contributed by atoms with van der Waals surface area (Å²) in [5, 5.41) is -0.547. The lowest BCUT2D eigenvalue weighted by Crippen LogP contribution is -2.34. The van der Waals surface area contributed by atoms with Crippen LogP contribution in [0.25, 0.3) is 6.08 Å². The summed E-state index contributed by atoms with van der Waals surface area (Å²) in [6.45, 7) is 1.09. The maximum Gasteiger partial charge on any atom is 0.343 e. The average molecular weight is 409 g/mol. The number of imide groups is 1. The van der Waals surface area contributed by atoms with Crippen molar-refractivity contribution in [3.63, 3.8) is 0 Å². The van der Waals surface area contributed by atoms with Gasteiger partial charge in [-0.15, -0.1) is 0 Å². The summed E-state index contributed by atoms with van der Waals surface area (Å²) >= 11 is 0.729. The number of nitrogens with zero attached hydrogens (tertiary/aromatic N) is 1. The third-order valence-electron chi connectivity index (χ3n) is 3.52. The topological polar surface area (TPSA) is 108 Å². The number of hydrogen-bond acceptors (Lipinski definition) is 9. The summed E-state index contributed by atoms with van der Waals surface area (Å²) in [5.41, 5.74) is 0.573. The Hall–Kier alpha value is -3.01. The van der Waals surface area contributed by atoms with Crippen molar-refractivity contribution in [3.05, 3.63) is 28.7 Å². The quantitative estimate of drug-likeness (QED) is 0.469. The van der Waals surface area contributed by atoms with E-state index in [1.807, 2.05) is 0 Å². The standard InChI is InChI=1S/C18H19NO8S/c1-4-26-15(20)9-19-17(22)14(28-18(19)23)8-11-5-6-12(13(7-11)24-2)27-10-16(21)25-3/h5-8H,4,9-10H2,1-3H3. The Morgan fingerprint density at radius 3 is 2.54 bits per heavy atom. The third kappa shape index (κ3) is 5.26. The van der Waals surface area contributed by atoms with E-state index in [0.717, 1.165) is 16.7 Å². The molecule has 0 spiro atoms. The molecule has 2 rings (SSSR count). The zero-order valence-corrected chi connectivity index (χ0v) is 16.4. The molecule has 0 bridgehead atoms. The van der Waals surface area contributed by atoms with E-state index in [1.165, 1.54) is 20.3 Å². The van der Waals surface area contributed by atoms with E-state index in [1.54, 1.807) is 25.1 Å². The van der Waals surface area contributed by atoms with Crippen LogP contribution >= 0.6 is 11.8 Å². The van der Waals surface area contributed by atoms with Crippen LogP contribution in [0.1, 0.15) is 12.5 Å². The Kier molecular flexibility index (Phi) is 7.44. The summed E-state index contributed by atoms with van der Waals surface area (Å²) in [4.78, 5) is 48.1. The Morgan fingerprint density at radius 1 is 1.14 bits per heavy atom. The van der Waals surface area contributed by atoms with Crippen LogP contribution in [0.2, 0.25) is 0 Å². The Morgan fingerprint density at radius 2 is 1.89 bits per heavy atom. The van der Waals surface area contributed by atoms with Crippen LogP contribution in [0, 0.1) is 0 Å². The molecule has 1 aromatic rings. The summed E-state index contributed by atoms with van der Waals surface area (Å²) in [6.07, 6.45) is 1.50. The molecule has 1 fully saturated rings. The molecule has 150 valence electrons. The first-order valence-corrected chi connectivity index (χ1v) is 8.99. The number of hydrogen-bond donors (Lipinski definition) is 0. The molecule has 0 radical (unpaired) electrons. The van der Waals surface area contributed by atoms with E-state index in [4.69, 9.17) is 14.2 Å². The van der Waals surface area contributed by atoms with Gasteiger partial charge in [-0.1, -0.05) is 6.07 Å². The van der Waals surface area contributed by atoms with E-state index in [9.17, 15) is 19.2 Å². The van der Waals surface area contributed by atoms with Gasteiger partial charge in [-0.25, -0.2) is 4.79 Å². The molecule has 1 aromatic carbocycles. The Bertz CT molecular complexity index is 820. The highest BCUT2D eigenvalue weighted by Crippen LogP contribution is 2.34. The number of thioether (sulfide) groups is 1. The van der Waals surface area contributed by atoms with Crippen LogP contribution < -0.4 is 9.47 Å². The highest BCUT2D eigenvalue weighted by Gasteiger charge is 2.36. The number of carbonyl (C=O) groups excluding carboxylic acids is 4. The monoisotopic (exact) mass is 409 g/mol. The number of ether oxygens (including phenoxy) is 4. The lowest BCUT2D eigenvalue weighted by molar-refractivity contribution is -0.146. The van der Waals surface area contributed by atoms with Crippen molar-refractivity contribution in [1.29, 1.82) is 0 Å². The maximum absolute atomic E-state index is 12.4. The first-order chi connectivity index (χ1) is 13.4. The predicted octanol–water partition coefficient (Wildman–Crippen LogP) is 1.85. The second-order valence-corrected chi connectivity index (χ2v) is 6.34. The normalized spacial score (nSPS) is 15.0. The Labute approximate surface area is 165 Å². The van der Waals surface area contributed by atoms with Crippen LogP contribution in [0.4, 0.5) is 4.79 Å². The molecule has 1 heterocycles. The van der Waals surface area contributed by atoms with Gasteiger partial charge in [0.25, 0.3) is 11.1 Å². The van der Waals surface area contributed by atoms with Gasteiger partial charge in [0.15, 0.2) is 18.1 Å². The molecule has 2 amide bonds. The summed E-state index contributed by atoms with van der Waals surface area (Å²) in [6, 6.07) is 4.79. The van der Waals surface area contributed by atoms with Crippen LogP contribution in [-0.4, -0.2) is 62.0 Å². The lowest BCUT2D eigenvalue weighted by atomic mass is 10.2. The highest BCUT2D eigenvalue weighted by molar-refractivity contribution is 8.18. The molecule has 0 N–H and O–H groups in total. The SMILES string of the molecule is CCOC(=O)CN1C(=O)SC(=Cc2ccc(OCC(=O)OC)c(OC)c2)C1=O. The fourth-order valence-electron chi connectivity index (χ4n) is 2.21. The molecule has 0 atom stereocenters. The lowest BCUT2D eigenvalue weighted by Gasteiger charge is -2.11. The fraction of sp³-hybridized carbons (Fsp3) is 0.333. The van der Waals surface area contributed by atoms with Crippen molar-refractivity contribution in [3.8, 4) is 11.5 Å². The average Bonchev–Trinajstić information content (AvgIpc) is 2.94. The van der Waals surface area contributed by atoms with Crippen molar-refractivity contribution >= 4 is 40.9 Å². The number of benzene rings is 1. The van der Waals surface area contributed by atoms with Crippen LogP contribution in [0.15, 0.2) is 23.1 Å². The van der Waals surface area contributed by atoms with Gasteiger partial charge < -0.3 is 18.9 Å². The highest BCUT2D eigenvalue weighted by atomic mass is 32.2. The second-order valence-electron chi connectivity index (χ2n) is 5.35. The van der Waals surface area contributed by atoms with Crippen LogP contribution in [-0.2, 0) is 23.9 Å².